The van der Waals surface area contributed by atoms with E-state index in [9.17, 15) is 47.0 Å². The Balaban J connectivity index is 0.00000197. The number of carbonyl (C=O) groups excluding carboxylic acids is 6. The van der Waals surface area contributed by atoms with E-state index in [0.717, 1.165) is 46.5 Å². The van der Waals surface area contributed by atoms with Gasteiger partial charge in [0.15, 0.2) is 29.6 Å². The quantitative estimate of drug-likeness (QED) is 0.0211. The first-order valence-electron chi connectivity index (χ1n) is 32.1. The maximum Gasteiger partial charge on any atom is 0.490 e. The predicted molar refractivity (Wildman–Crippen MR) is 353 cm³/mol. The molecule has 0 saturated carbocycles. The van der Waals surface area contributed by atoms with Crippen LogP contribution in [0, 0.1) is 12.3 Å². The number of halogens is 3. The van der Waals surface area contributed by atoms with Crippen LogP contribution in [0.25, 0.3) is 10.4 Å². The molecule has 5 N–H and O–H groups in total. The number of likely N-dealkylation sites (tertiary alicyclic amines) is 2. The molecule has 3 heterocycles. The Bertz CT molecular complexity index is 3410. The van der Waals surface area contributed by atoms with E-state index in [-0.39, 0.29) is 55.7 Å². The van der Waals surface area contributed by atoms with Crippen LogP contribution in [-0.4, -0.2) is 159 Å². The van der Waals surface area contributed by atoms with Crippen LogP contribution in [-0.2, 0) is 44.7 Å². The number of para-hydroxylation sites is 1. The third-order valence-electron chi connectivity index (χ3n) is 16.8. The van der Waals surface area contributed by atoms with Crippen LogP contribution in [0.3, 0.4) is 0 Å². The van der Waals surface area contributed by atoms with Crippen LogP contribution >= 0.6 is 11.3 Å². The van der Waals surface area contributed by atoms with Gasteiger partial charge in [-0.25, -0.2) is 14.6 Å². The van der Waals surface area contributed by atoms with E-state index in [1.807, 2.05) is 102 Å². The van der Waals surface area contributed by atoms with Gasteiger partial charge in [-0.15, -0.1) is 11.3 Å². The summed E-state index contributed by atoms with van der Waals surface area (Å²) < 4.78 is 72.3. The second-order valence-electron chi connectivity index (χ2n) is 24.6. The molecule has 524 valence electrons. The number of carboxylic acid groups (broad SMARTS) is 1. The normalized spacial score (nSPS) is 16.7. The number of aliphatic hydroxyl groups is 1. The number of nitrogens with zero attached hydrogens (tertiary/aromatic N) is 3. The summed E-state index contributed by atoms with van der Waals surface area (Å²) in [6, 6.07) is 21.1. The summed E-state index contributed by atoms with van der Waals surface area (Å²) >= 11 is 1.57. The second kappa shape index (κ2) is 35.9. The summed E-state index contributed by atoms with van der Waals surface area (Å²) in [6.07, 6.45) is -0.905. The molecule has 0 spiro atoms. The van der Waals surface area contributed by atoms with Gasteiger partial charge in [0.25, 0.3) is 5.91 Å². The molecule has 7 rings (SSSR count). The molecule has 0 radical (unpaired) electrons. The monoisotopic (exact) mass is 1360 g/mol. The Morgan fingerprint density at radius 2 is 1.40 bits per heavy atom. The number of nitrogens with one attached hydrogen (secondary N) is 3. The fourth-order valence-electron chi connectivity index (χ4n) is 11.6. The summed E-state index contributed by atoms with van der Waals surface area (Å²) in [5.74, 6) is -2.86. The highest BCUT2D eigenvalue weighted by Gasteiger charge is 2.45. The van der Waals surface area contributed by atoms with E-state index >= 15 is 0 Å². The van der Waals surface area contributed by atoms with Crippen LogP contribution in [0.5, 0.6) is 34.5 Å². The number of alkyl halides is 3. The van der Waals surface area contributed by atoms with Crippen molar-refractivity contribution >= 4 is 52.8 Å². The lowest BCUT2D eigenvalue weighted by Gasteiger charge is -2.37. The number of benzene rings is 4. The summed E-state index contributed by atoms with van der Waals surface area (Å²) in [7, 11) is 7.69. The molecule has 2 aliphatic rings. The average Bonchev–Trinajstić information content (AvgIpc) is 1.27. The number of methoxy groups -OCH3 is 5. The molecular formula is C70H91F3N6O16S. The highest BCUT2D eigenvalue weighted by Crippen LogP contribution is 2.42. The number of carbonyl (C=O) groups is 7. The summed E-state index contributed by atoms with van der Waals surface area (Å²) in [4.78, 5) is 101. The molecule has 4 aromatic carbocycles. The molecule has 0 bridgehead atoms. The Kier molecular flexibility index (Phi) is 28.6. The number of ether oxygens (including phenoxy) is 7. The van der Waals surface area contributed by atoms with E-state index in [1.165, 1.54) is 26.2 Å². The molecule has 26 heteroatoms. The zero-order chi connectivity index (χ0) is 70.4. The molecule has 2 saturated heterocycles. The number of aliphatic hydroxyl groups excluding tert-OH is 1. The van der Waals surface area contributed by atoms with Crippen molar-refractivity contribution in [2.45, 2.75) is 167 Å². The Morgan fingerprint density at radius 1 is 0.740 bits per heavy atom. The van der Waals surface area contributed by atoms with Gasteiger partial charge < -0.3 is 69.1 Å². The lowest BCUT2D eigenvalue weighted by Crippen LogP contribution is -2.57. The van der Waals surface area contributed by atoms with E-state index in [1.54, 1.807) is 54.7 Å². The van der Waals surface area contributed by atoms with Crippen molar-refractivity contribution in [3.63, 3.8) is 0 Å². The van der Waals surface area contributed by atoms with Crippen LogP contribution in [0.1, 0.15) is 151 Å². The molecule has 5 amide bonds. The van der Waals surface area contributed by atoms with Crippen LogP contribution in [0.4, 0.5) is 13.2 Å². The van der Waals surface area contributed by atoms with Crippen LogP contribution < -0.4 is 44.4 Å². The molecular weight excluding hydrogens is 1270 g/mol. The smallest absolute Gasteiger partial charge is 0.490 e. The van der Waals surface area contributed by atoms with Gasteiger partial charge in [-0.3, -0.25) is 24.0 Å². The van der Waals surface area contributed by atoms with Gasteiger partial charge in [-0.1, -0.05) is 89.1 Å². The topological polar surface area (TPSA) is 280 Å². The number of hydrogen-bond donors (Lipinski definition) is 5. The lowest BCUT2D eigenvalue weighted by molar-refractivity contribution is -0.192. The van der Waals surface area contributed by atoms with E-state index in [2.05, 4.69) is 20.9 Å². The number of esters is 1. The molecule has 96 heavy (non-hydrogen) atoms. The summed E-state index contributed by atoms with van der Waals surface area (Å²) in [5.41, 5.74) is 6.11. The fraction of sp³-hybridized carbons (Fsp3) is 0.514. The van der Waals surface area contributed by atoms with Gasteiger partial charge in [0, 0.05) is 38.0 Å². The van der Waals surface area contributed by atoms with Crippen molar-refractivity contribution in [1.82, 2.24) is 30.7 Å². The number of aromatic nitrogens is 1. The number of carboxylic acids is 1. The summed E-state index contributed by atoms with van der Waals surface area (Å²) in [6.45, 7) is 11.7. The van der Waals surface area contributed by atoms with E-state index in [0.29, 0.717) is 104 Å². The number of hydrogen-bond acceptors (Lipinski definition) is 17. The molecule has 1 aromatic heterocycles. The number of amides is 5. The van der Waals surface area contributed by atoms with Crippen LogP contribution in [0.2, 0.25) is 0 Å². The largest absolute Gasteiger partial charge is 0.493 e. The maximum atomic E-state index is 14.7. The standard InChI is InChI=1S/C68H90N6O14S.C2HF3O2/c1-12-49(47-36-57(84-9)61(86-11)58(37-47)85-10)65(79)73-34-20-18-22-51(73)67(81)88-54(31-25-44-26-32-55(82-7)56(35-44)83-8)50-21-16-17-23-53(50)87-40-60(77)69-33-19-14-13-15-24-59(76)72-63(68(4,5)6)66(80)74-39-48(75)38-52(74)64(78)71-42(2)45-27-29-46(30-28-45)62-43(3)70-41-89-62;3-2(4,5)1(6)7/h16-17,21,23,26-30,32,35-37,41-42,48-49,51-52,54,63,75H,12-15,18-20,22,24-25,31,33-34,38-40H2,1-11H3,(H,69,77)(H,71,78)(H,72,76);(H,6,7)/t42-,48-,49-,51-,52+,54+,63+;/m0./s1. The number of piperidine rings is 1. The number of unbranched alkanes of at least 4 members (excludes halogenated alkanes) is 3. The minimum Gasteiger partial charge on any atom is -0.493 e. The summed E-state index contributed by atoms with van der Waals surface area (Å²) in [5, 5.41) is 26.8. The second-order valence-corrected chi connectivity index (χ2v) is 25.5. The van der Waals surface area contributed by atoms with Gasteiger partial charge >= 0.3 is 18.1 Å². The van der Waals surface area contributed by atoms with Crippen molar-refractivity contribution in [1.29, 1.82) is 0 Å². The third-order valence-corrected chi connectivity index (χ3v) is 17.8. The average molecular weight is 1360 g/mol. The predicted octanol–water partition coefficient (Wildman–Crippen LogP) is 10.4. The van der Waals surface area contributed by atoms with Crippen molar-refractivity contribution in [3.8, 4) is 44.9 Å². The number of aryl methyl sites for hydroxylation is 2. The Hall–Kier alpha value is -8.65. The highest BCUT2D eigenvalue weighted by molar-refractivity contribution is 7.13. The molecule has 2 fully saturated rings. The van der Waals surface area contributed by atoms with Gasteiger partial charge in [-0.05, 0) is 123 Å². The van der Waals surface area contributed by atoms with Gasteiger partial charge in [-0.2, -0.15) is 13.2 Å². The van der Waals surface area contributed by atoms with Crippen molar-refractivity contribution in [2.24, 2.45) is 5.41 Å². The SMILES string of the molecule is CC[C@H](C(=O)N1CCCC[C@H]1C(=O)O[C@H](CCc1ccc(OC)c(OC)c1)c1ccccc1OCC(=O)NCCCCCCC(=O)N[C@H](C(=O)N1C[C@@H](O)C[C@@H]1C(=O)N[C@@H](C)c1ccc(-c2scnc2C)cc1)C(C)(C)C)c1cc(OC)c(OC)c(OC)c1.O=C(O)C(F)(F)F. The number of β-amino-alcohol motifs (C(OH)–C–C–N with tert-alkyl or cyclic N) is 1. The van der Waals surface area contributed by atoms with Crippen molar-refractivity contribution in [2.75, 3.05) is 61.8 Å². The molecule has 7 atom stereocenters. The first kappa shape index (κ1) is 76.4. The third kappa shape index (κ3) is 20.9. The van der Waals surface area contributed by atoms with Crippen LogP contribution in [0.15, 0.2) is 84.4 Å². The molecule has 0 aliphatic carbocycles. The minimum absolute atomic E-state index is 0.0280. The molecule has 5 aromatic rings. The van der Waals surface area contributed by atoms with Gasteiger partial charge in [0.1, 0.15) is 30.0 Å². The van der Waals surface area contributed by atoms with Gasteiger partial charge in [0.05, 0.1) is 69.7 Å². The minimum atomic E-state index is -5.08. The first-order valence-corrected chi connectivity index (χ1v) is 32.9. The fourth-order valence-corrected chi connectivity index (χ4v) is 12.5. The lowest BCUT2D eigenvalue weighted by atomic mass is 9.85. The van der Waals surface area contributed by atoms with Crippen molar-refractivity contribution in [3.05, 3.63) is 112 Å². The number of rotatable bonds is 30. The van der Waals surface area contributed by atoms with E-state index < -0.39 is 65.7 Å². The highest BCUT2D eigenvalue weighted by atomic mass is 32.1. The molecule has 2 aliphatic heterocycles. The zero-order valence-corrected chi connectivity index (χ0v) is 57.2. The maximum absolute atomic E-state index is 14.7. The van der Waals surface area contributed by atoms with Crippen molar-refractivity contribution < 1.29 is 90.1 Å². The molecule has 0 unspecified atom stereocenters. The van der Waals surface area contributed by atoms with E-state index in [4.69, 9.17) is 43.1 Å². The Morgan fingerprint density at radius 3 is 2.00 bits per heavy atom. The Labute approximate surface area is 562 Å². The number of aliphatic carboxylic acids is 1. The molecule has 22 nitrogen and oxygen atoms in total. The van der Waals surface area contributed by atoms with Gasteiger partial charge in [0.2, 0.25) is 29.4 Å². The number of thiazole rings is 1. The zero-order valence-electron chi connectivity index (χ0n) is 56.4. The first-order chi connectivity index (χ1) is 45.7.